The first kappa shape index (κ1) is 13.1. The zero-order chi connectivity index (χ0) is 14.2. The molecular formula is C11H13N3O5. The van der Waals surface area contributed by atoms with E-state index in [1.54, 1.807) is 0 Å². The van der Waals surface area contributed by atoms with Crippen molar-refractivity contribution in [2.45, 2.75) is 32.2 Å². The lowest BCUT2D eigenvalue weighted by Crippen LogP contribution is -2.41. The number of carboxylic acids is 1. The molecule has 1 amide bonds. The predicted molar refractivity (Wildman–Crippen MR) is 65.2 cm³/mol. The van der Waals surface area contributed by atoms with Crippen molar-refractivity contribution < 1.29 is 14.7 Å². The molecule has 1 atom stereocenters. The first-order valence-electron chi connectivity index (χ1n) is 5.85. The van der Waals surface area contributed by atoms with Gasteiger partial charge in [0.25, 0.3) is 5.56 Å². The second-order valence-electron chi connectivity index (χ2n) is 4.32. The number of hydrogen-bond donors (Lipinski definition) is 3. The van der Waals surface area contributed by atoms with Crippen molar-refractivity contribution in [1.82, 2.24) is 9.55 Å². The highest BCUT2D eigenvalue weighted by atomic mass is 16.4. The van der Waals surface area contributed by atoms with Crippen LogP contribution < -0.4 is 16.6 Å². The fourth-order valence-corrected chi connectivity index (χ4v) is 2.16. The van der Waals surface area contributed by atoms with Crippen LogP contribution in [-0.4, -0.2) is 26.5 Å². The fourth-order valence-electron chi connectivity index (χ4n) is 2.16. The number of hydrogen-bond acceptors (Lipinski definition) is 4. The Morgan fingerprint density at radius 2 is 2.11 bits per heavy atom. The topological polar surface area (TPSA) is 121 Å². The van der Waals surface area contributed by atoms with E-state index < -0.39 is 29.0 Å². The van der Waals surface area contributed by atoms with Crippen LogP contribution in [0.4, 0.5) is 5.82 Å². The number of carbonyl (C=O) groups is 2. The van der Waals surface area contributed by atoms with Crippen molar-refractivity contribution in [3.05, 3.63) is 26.4 Å². The number of aromatic nitrogens is 2. The molecule has 0 unspecified atom stereocenters. The smallest absolute Gasteiger partial charge is 0.329 e. The third-order valence-electron chi connectivity index (χ3n) is 2.98. The van der Waals surface area contributed by atoms with Crippen LogP contribution >= 0.6 is 0 Å². The summed E-state index contributed by atoms with van der Waals surface area (Å²) in [5.41, 5.74) is -1.49. The van der Waals surface area contributed by atoms with E-state index in [2.05, 4.69) is 10.3 Å². The monoisotopic (exact) mass is 267 g/mol. The number of carboxylic acid groups (broad SMARTS) is 1. The molecule has 8 nitrogen and oxygen atoms in total. The zero-order valence-corrected chi connectivity index (χ0v) is 10.2. The Labute approximate surface area is 107 Å². The van der Waals surface area contributed by atoms with E-state index >= 15 is 0 Å². The van der Waals surface area contributed by atoms with Crippen molar-refractivity contribution in [3.63, 3.8) is 0 Å². The molecule has 0 aromatic carbocycles. The molecule has 102 valence electrons. The summed E-state index contributed by atoms with van der Waals surface area (Å²) in [6.07, 6.45) is 0.293. The van der Waals surface area contributed by atoms with Crippen LogP contribution in [0.25, 0.3) is 0 Å². The summed E-state index contributed by atoms with van der Waals surface area (Å²) < 4.78 is 1.18. The summed E-state index contributed by atoms with van der Waals surface area (Å²) in [7, 11) is 0. The molecule has 0 aliphatic carbocycles. The van der Waals surface area contributed by atoms with E-state index in [9.17, 15) is 19.2 Å². The Morgan fingerprint density at radius 3 is 2.68 bits per heavy atom. The molecule has 1 aromatic rings. The number of nitrogens with one attached hydrogen (secondary N) is 2. The molecule has 0 fully saturated rings. The number of aromatic amines is 1. The lowest BCUT2D eigenvalue weighted by Gasteiger charge is -2.24. The maximum atomic E-state index is 11.8. The summed E-state index contributed by atoms with van der Waals surface area (Å²) in [5.74, 6) is -3.01. The van der Waals surface area contributed by atoms with Gasteiger partial charge >= 0.3 is 11.7 Å². The van der Waals surface area contributed by atoms with Gasteiger partial charge in [-0.25, -0.2) is 4.79 Å². The number of H-pyrrole nitrogens is 1. The minimum Gasteiger partial charge on any atom is -0.481 e. The van der Waals surface area contributed by atoms with Gasteiger partial charge in [-0.05, 0) is 6.42 Å². The highest BCUT2D eigenvalue weighted by molar-refractivity contribution is 5.98. The molecule has 0 radical (unpaired) electrons. The van der Waals surface area contributed by atoms with E-state index in [-0.39, 0.29) is 24.3 Å². The third-order valence-corrected chi connectivity index (χ3v) is 2.98. The lowest BCUT2D eigenvalue weighted by atomic mass is 9.93. The Hall–Kier alpha value is -2.38. The maximum absolute atomic E-state index is 11.8. The molecule has 8 heteroatoms. The number of fused-ring (bicyclic) bond motifs is 1. The van der Waals surface area contributed by atoms with Gasteiger partial charge in [-0.15, -0.1) is 0 Å². The fraction of sp³-hybridized carbons (Fsp3) is 0.455. The van der Waals surface area contributed by atoms with Crippen molar-refractivity contribution in [1.29, 1.82) is 0 Å². The Balaban J connectivity index is 2.75. The molecular weight excluding hydrogens is 254 g/mol. The Kier molecular flexibility index (Phi) is 3.24. The summed E-state index contributed by atoms with van der Waals surface area (Å²) in [6.45, 7) is 2.10. The molecule has 1 aromatic heterocycles. The highest BCUT2D eigenvalue weighted by Crippen LogP contribution is 2.28. The van der Waals surface area contributed by atoms with Gasteiger partial charge in [-0.2, -0.15) is 0 Å². The van der Waals surface area contributed by atoms with Gasteiger partial charge in [-0.1, -0.05) is 6.92 Å². The third kappa shape index (κ3) is 2.16. The Bertz CT molecular complexity index is 657. The summed E-state index contributed by atoms with van der Waals surface area (Å²) in [4.78, 5) is 48.2. The van der Waals surface area contributed by atoms with Gasteiger partial charge in [0.05, 0.1) is 11.5 Å². The van der Waals surface area contributed by atoms with Crippen LogP contribution in [0.3, 0.4) is 0 Å². The lowest BCUT2D eigenvalue weighted by molar-refractivity contribution is -0.140. The second kappa shape index (κ2) is 4.71. The van der Waals surface area contributed by atoms with E-state index in [0.29, 0.717) is 6.42 Å². The maximum Gasteiger partial charge on any atom is 0.329 e. The van der Waals surface area contributed by atoms with Crippen LogP contribution in [0.15, 0.2) is 9.59 Å². The molecule has 1 aliphatic heterocycles. The molecule has 0 bridgehead atoms. The van der Waals surface area contributed by atoms with E-state index in [1.165, 1.54) is 4.57 Å². The van der Waals surface area contributed by atoms with Gasteiger partial charge < -0.3 is 10.4 Å². The first-order valence-corrected chi connectivity index (χ1v) is 5.85. The van der Waals surface area contributed by atoms with Crippen molar-refractivity contribution in [3.8, 4) is 0 Å². The highest BCUT2D eigenvalue weighted by Gasteiger charge is 2.35. The van der Waals surface area contributed by atoms with Crippen LogP contribution in [-0.2, 0) is 16.1 Å². The average molecular weight is 267 g/mol. The predicted octanol–water partition coefficient (Wildman–Crippen LogP) is -0.543. The van der Waals surface area contributed by atoms with Crippen molar-refractivity contribution in [2.24, 2.45) is 0 Å². The Morgan fingerprint density at radius 1 is 1.42 bits per heavy atom. The normalized spacial score (nSPS) is 17.7. The van der Waals surface area contributed by atoms with Gasteiger partial charge in [0.15, 0.2) is 0 Å². The molecule has 0 saturated heterocycles. The van der Waals surface area contributed by atoms with Crippen LogP contribution in [0, 0.1) is 0 Å². The van der Waals surface area contributed by atoms with Crippen molar-refractivity contribution >= 4 is 17.7 Å². The summed E-state index contributed by atoms with van der Waals surface area (Å²) >= 11 is 0. The zero-order valence-electron chi connectivity index (χ0n) is 10.2. The number of amides is 1. The summed E-state index contributed by atoms with van der Waals surface area (Å²) in [5, 5.41) is 11.5. The molecule has 1 aliphatic rings. The van der Waals surface area contributed by atoms with E-state index in [1.807, 2.05) is 6.92 Å². The van der Waals surface area contributed by atoms with Gasteiger partial charge in [-0.3, -0.25) is 23.9 Å². The van der Waals surface area contributed by atoms with Gasteiger partial charge in [0.1, 0.15) is 5.82 Å². The number of carbonyl (C=O) groups excluding carboxylic acids is 1. The number of nitrogens with zero attached hydrogens (tertiary/aromatic N) is 1. The van der Waals surface area contributed by atoms with Crippen LogP contribution in [0.5, 0.6) is 0 Å². The second-order valence-corrected chi connectivity index (χ2v) is 4.32. The minimum atomic E-state index is -1.26. The summed E-state index contributed by atoms with van der Waals surface area (Å²) in [6, 6.07) is 0. The molecule has 3 N–H and O–H groups in total. The largest absolute Gasteiger partial charge is 0.481 e. The molecule has 2 rings (SSSR count). The standard InChI is InChI=1S/C11H13N3O5/c1-2-3-14-8-7(9(16)13-11(14)19)5(10(17)18)4-6(15)12-8/h5H,2-4H2,1H3,(H,12,15)(H,17,18)(H,13,16,19)/t5-/m0/s1. The first-order chi connectivity index (χ1) is 8.95. The number of anilines is 1. The average Bonchev–Trinajstić information content (AvgIpc) is 2.32. The van der Waals surface area contributed by atoms with Crippen LogP contribution in [0.1, 0.15) is 31.2 Å². The van der Waals surface area contributed by atoms with E-state index in [4.69, 9.17) is 5.11 Å². The molecule has 0 saturated carbocycles. The molecule has 2 heterocycles. The SMILES string of the molecule is CCCn1c2c(c(=O)[nH]c1=O)[C@@H](C(=O)O)CC(=O)N2. The van der Waals surface area contributed by atoms with Crippen molar-refractivity contribution in [2.75, 3.05) is 5.32 Å². The number of aliphatic carboxylic acids is 1. The van der Waals surface area contributed by atoms with Gasteiger partial charge in [0.2, 0.25) is 5.91 Å². The molecule has 0 spiro atoms. The quantitative estimate of drug-likeness (QED) is 0.678. The van der Waals surface area contributed by atoms with Crippen LogP contribution in [0.2, 0.25) is 0 Å². The number of rotatable bonds is 3. The molecule has 19 heavy (non-hydrogen) atoms. The minimum absolute atomic E-state index is 0.000694. The van der Waals surface area contributed by atoms with Gasteiger partial charge in [0, 0.05) is 13.0 Å². The van der Waals surface area contributed by atoms with E-state index in [0.717, 1.165) is 0 Å².